The highest BCUT2D eigenvalue weighted by molar-refractivity contribution is 5.21. The third-order valence-electron chi connectivity index (χ3n) is 5.65. The maximum absolute atomic E-state index is 6.57. The zero-order valence-corrected chi connectivity index (χ0v) is 10.5. The minimum atomic E-state index is -0.261. The molecule has 0 aromatic rings. The minimum Gasteiger partial charge on any atom is -0.464 e. The highest BCUT2D eigenvalue weighted by atomic mass is 16.8. The standard InChI is InChI=1S/C15H22O2/c1-11-14-8-4-2-6-12(14)10-13-7-3-5-9-15(13,16-11)17-14/h12-13H,1-10H2/t12-,13-,14+,15+/m0/s1. The summed E-state index contributed by atoms with van der Waals surface area (Å²) in [4.78, 5) is 0. The topological polar surface area (TPSA) is 18.5 Å². The number of ether oxygens (including phenoxy) is 2. The minimum absolute atomic E-state index is 0.0912. The van der Waals surface area contributed by atoms with Crippen LogP contribution in [0.3, 0.4) is 0 Å². The molecule has 4 aliphatic rings. The monoisotopic (exact) mass is 234 g/mol. The molecule has 0 radical (unpaired) electrons. The highest BCUT2D eigenvalue weighted by Crippen LogP contribution is 2.62. The second kappa shape index (κ2) is 3.28. The van der Waals surface area contributed by atoms with E-state index < -0.39 is 0 Å². The van der Waals surface area contributed by atoms with Gasteiger partial charge in [-0.25, -0.2) is 0 Å². The van der Waals surface area contributed by atoms with Crippen LogP contribution in [0.1, 0.15) is 57.8 Å². The maximum atomic E-state index is 6.57. The molecule has 2 nitrogen and oxygen atoms in total. The van der Waals surface area contributed by atoms with Crippen LogP contribution in [0, 0.1) is 11.8 Å². The van der Waals surface area contributed by atoms with Crippen molar-refractivity contribution in [2.75, 3.05) is 0 Å². The number of hydrogen-bond acceptors (Lipinski definition) is 2. The summed E-state index contributed by atoms with van der Waals surface area (Å²) >= 11 is 0. The van der Waals surface area contributed by atoms with Crippen LogP contribution in [0.4, 0.5) is 0 Å². The van der Waals surface area contributed by atoms with Gasteiger partial charge in [-0.3, -0.25) is 0 Å². The summed E-state index contributed by atoms with van der Waals surface area (Å²) in [6.45, 7) is 4.21. The number of hydrogen-bond donors (Lipinski definition) is 0. The average Bonchev–Trinajstić information content (AvgIpc) is 2.55. The van der Waals surface area contributed by atoms with Crippen LogP contribution < -0.4 is 0 Å². The Kier molecular flexibility index (Phi) is 2.01. The van der Waals surface area contributed by atoms with Gasteiger partial charge in [-0.15, -0.1) is 0 Å². The van der Waals surface area contributed by atoms with E-state index in [1.165, 1.54) is 44.9 Å². The quantitative estimate of drug-likeness (QED) is 0.635. The lowest BCUT2D eigenvalue weighted by Gasteiger charge is -2.50. The molecule has 2 spiro atoms. The summed E-state index contributed by atoms with van der Waals surface area (Å²) < 4.78 is 12.8. The van der Waals surface area contributed by atoms with Crippen LogP contribution in [0.5, 0.6) is 0 Å². The molecule has 94 valence electrons. The van der Waals surface area contributed by atoms with Crippen molar-refractivity contribution in [2.24, 2.45) is 11.8 Å². The van der Waals surface area contributed by atoms with Gasteiger partial charge in [0.25, 0.3) is 0 Å². The zero-order valence-electron chi connectivity index (χ0n) is 10.5. The molecule has 0 aromatic heterocycles. The molecule has 4 rings (SSSR count). The van der Waals surface area contributed by atoms with Gasteiger partial charge in [0, 0.05) is 12.3 Å². The Hall–Kier alpha value is -0.500. The van der Waals surface area contributed by atoms with E-state index in [-0.39, 0.29) is 11.4 Å². The van der Waals surface area contributed by atoms with Gasteiger partial charge in [0.05, 0.1) is 0 Å². The first-order chi connectivity index (χ1) is 8.25. The van der Waals surface area contributed by atoms with Crippen LogP contribution in [0.15, 0.2) is 12.3 Å². The second-order valence-electron chi connectivity index (χ2n) is 6.45. The lowest BCUT2D eigenvalue weighted by molar-refractivity contribution is -0.277. The summed E-state index contributed by atoms with van der Waals surface area (Å²) in [5.74, 6) is 2.02. The van der Waals surface area contributed by atoms with Crippen LogP contribution in [-0.2, 0) is 9.47 Å². The van der Waals surface area contributed by atoms with E-state index in [9.17, 15) is 0 Å². The molecule has 0 N–H and O–H groups in total. The molecule has 2 heteroatoms. The predicted octanol–water partition coefficient (Wildman–Crippen LogP) is 3.77. The van der Waals surface area contributed by atoms with E-state index in [0.29, 0.717) is 11.8 Å². The van der Waals surface area contributed by atoms with E-state index in [4.69, 9.17) is 9.47 Å². The molecule has 2 aliphatic carbocycles. The Labute approximate surface area is 103 Å². The molecule has 0 amide bonds. The van der Waals surface area contributed by atoms with Crippen molar-refractivity contribution < 1.29 is 9.47 Å². The van der Waals surface area contributed by atoms with Crippen LogP contribution >= 0.6 is 0 Å². The molecule has 4 atom stereocenters. The van der Waals surface area contributed by atoms with Crippen LogP contribution in [0.25, 0.3) is 0 Å². The van der Waals surface area contributed by atoms with Crippen molar-refractivity contribution in [2.45, 2.75) is 69.2 Å². The molecular formula is C15H22O2. The first kappa shape index (κ1) is 10.4. The zero-order chi connectivity index (χ0) is 11.5. The molecule has 2 aliphatic heterocycles. The van der Waals surface area contributed by atoms with Crippen LogP contribution in [-0.4, -0.2) is 11.4 Å². The lowest BCUT2D eigenvalue weighted by atomic mass is 9.66. The van der Waals surface area contributed by atoms with Crippen molar-refractivity contribution >= 4 is 0 Å². The molecule has 2 saturated heterocycles. The Balaban J connectivity index is 1.75. The molecule has 17 heavy (non-hydrogen) atoms. The molecule has 0 aromatic carbocycles. The normalized spacial score (nSPS) is 52.6. The SMILES string of the molecule is C=C1O[C@@]23CCCC[C@H]2C[C@@H]2CCCC[C@@]12O3. The summed E-state index contributed by atoms with van der Waals surface area (Å²) in [6.07, 6.45) is 11.4. The molecule has 4 fully saturated rings. The van der Waals surface area contributed by atoms with Gasteiger partial charge in [0.15, 0.2) is 0 Å². The Morgan fingerprint density at radius 2 is 1.76 bits per heavy atom. The van der Waals surface area contributed by atoms with Gasteiger partial charge in [0.1, 0.15) is 11.4 Å². The fraction of sp³-hybridized carbons (Fsp3) is 0.867. The third-order valence-corrected chi connectivity index (χ3v) is 5.65. The lowest BCUT2D eigenvalue weighted by Crippen LogP contribution is -2.54. The predicted molar refractivity (Wildman–Crippen MR) is 65.3 cm³/mol. The molecular weight excluding hydrogens is 212 g/mol. The number of rotatable bonds is 0. The largest absolute Gasteiger partial charge is 0.464 e. The van der Waals surface area contributed by atoms with Gasteiger partial charge < -0.3 is 9.47 Å². The Morgan fingerprint density at radius 3 is 2.65 bits per heavy atom. The van der Waals surface area contributed by atoms with E-state index in [1.54, 1.807) is 0 Å². The maximum Gasteiger partial charge on any atom is 0.214 e. The molecule has 2 saturated carbocycles. The van der Waals surface area contributed by atoms with Crippen molar-refractivity contribution in [3.8, 4) is 0 Å². The third kappa shape index (κ3) is 1.20. The van der Waals surface area contributed by atoms with Gasteiger partial charge in [-0.1, -0.05) is 25.8 Å². The second-order valence-corrected chi connectivity index (χ2v) is 6.45. The smallest absolute Gasteiger partial charge is 0.214 e. The Bertz CT molecular complexity index is 364. The van der Waals surface area contributed by atoms with Gasteiger partial charge in [-0.05, 0) is 38.0 Å². The van der Waals surface area contributed by atoms with Crippen molar-refractivity contribution in [1.82, 2.24) is 0 Å². The fourth-order valence-corrected chi connectivity index (χ4v) is 4.80. The van der Waals surface area contributed by atoms with Crippen molar-refractivity contribution in [1.29, 1.82) is 0 Å². The van der Waals surface area contributed by atoms with E-state index in [1.807, 2.05) is 0 Å². The average molecular weight is 234 g/mol. The first-order valence-electron chi connectivity index (χ1n) is 7.34. The molecule has 2 heterocycles. The van der Waals surface area contributed by atoms with Crippen LogP contribution in [0.2, 0.25) is 0 Å². The summed E-state index contributed by atoms with van der Waals surface area (Å²) in [5.41, 5.74) is -0.0912. The summed E-state index contributed by atoms with van der Waals surface area (Å²) in [7, 11) is 0. The van der Waals surface area contributed by atoms with E-state index in [0.717, 1.165) is 18.6 Å². The highest BCUT2D eigenvalue weighted by Gasteiger charge is 2.65. The molecule has 0 unspecified atom stereocenters. The Morgan fingerprint density at radius 1 is 1.00 bits per heavy atom. The van der Waals surface area contributed by atoms with Gasteiger partial charge in [-0.2, -0.15) is 0 Å². The fourth-order valence-electron chi connectivity index (χ4n) is 4.80. The van der Waals surface area contributed by atoms with Crippen molar-refractivity contribution in [3.63, 3.8) is 0 Å². The summed E-state index contributed by atoms with van der Waals surface area (Å²) in [6, 6.07) is 0. The van der Waals surface area contributed by atoms with Gasteiger partial charge >= 0.3 is 0 Å². The van der Waals surface area contributed by atoms with E-state index in [2.05, 4.69) is 6.58 Å². The van der Waals surface area contributed by atoms with Gasteiger partial charge in [0.2, 0.25) is 5.79 Å². The van der Waals surface area contributed by atoms with E-state index >= 15 is 0 Å². The molecule has 2 bridgehead atoms. The van der Waals surface area contributed by atoms with Crippen molar-refractivity contribution in [3.05, 3.63) is 12.3 Å². The summed E-state index contributed by atoms with van der Waals surface area (Å²) in [5, 5.41) is 0. The first-order valence-corrected chi connectivity index (χ1v) is 7.34.